The average Bonchev–Trinajstić information content (AvgIpc) is 2.49. The first-order chi connectivity index (χ1) is 5.81. The molecule has 0 fully saturated rings. The maximum Gasteiger partial charge on any atom is 0.161 e. The molecule has 12 heavy (non-hydrogen) atoms. The Bertz CT molecular complexity index is 412. The lowest BCUT2D eigenvalue weighted by Crippen LogP contribution is -1.89. The molecule has 0 aliphatic carbocycles. The Kier molecular flexibility index (Phi) is 1.73. The fourth-order valence-corrected chi connectivity index (χ4v) is 1.45. The number of rotatable bonds is 1. The highest BCUT2D eigenvalue weighted by Crippen LogP contribution is 2.24. The van der Waals surface area contributed by atoms with Gasteiger partial charge in [0.15, 0.2) is 5.65 Å². The van der Waals surface area contributed by atoms with E-state index in [0.717, 1.165) is 15.9 Å². The van der Waals surface area contributed by atoms with Crippen LogP contribution < -0.4 is 4.74 Å². The number of nitrogens with zero attached hydrogens (tertiary/aromatic N) is 3. The van der Waals surface area contributed by atoms with E-state index in [1.165, 1.54) is 0 Å². The molecule has 0 amide bonds. The second-order valence-electron chi connectivity index (χ2n) is 2.29. The van der Waals surface area contributed by atoms with Crippen molar-refractivity contribution in [2.45, 2.75) is 0 Å². The van der Waals surface area contributed by atoms with Gasteiger partial charge in [-0.3, -0.25) is 4.40 Å². The van der Waals surface area contributed by atoms with Gasteiger partial charge in [0, 0.05) is 6.07 Å². The zero-order valence-corrected chi connectivity index (χ0v) is 7.95. The molecular formula is C7H6BrN3O. The Morgan fingerprint density at radius 1 is 1.58 bits per heavy atom. The van der Waals surface area contributed by atoms with Gasteiger partial charge >= 0.3 is 0 Å². The molecule has 0 aliphatic rings. The zero-order valence-electron chi connectivity index (χ0n) is 6.36. The fraction of sp³-hybridized carbons (Fsp3) is 0.143. The SMILES string of the molecule is COc1cn2cnnc2cc1Br. The van der Waals surface area contributed by atoms with E-state index in [2.05, 4.69) is 26.1 Å². The van der Waals surface area contributed by atoms with Gasteiger partial charge in [-0.1, -0.05) is 0 Å². The molecular weight excluding hydrogens is 222 g/mol. The average molecular weight is 228 g/mol. The quantitative estimate of drug-likeness (QED) is 0.742. The van der Waals surface area contributed by atoms with E-state index in [1.54, 1.807) is 17.8 Å². The van der Waals surface area contributed by atoms with Crippen molar-refractivity contribution in [1.82, 2.24) is 14.6 Å². The van der Waals surface area contributed by atoms with Crippen LogP contribution in [0.25, 0.3) is 5.65 Å². The molecule has 2 aromatic rings. The smallest absolute Gasteiger partial charge is 0.161 e. The van der Waals surface area contributed by atoms with Crippen molar-refractivity contribution in [2.24, 2.45) is 0 Å². The van der Waals surface area contributed by atoms with E-state index < -0.39 is 0 Å². The summed E-state index contributed by atoms with van der Waals surface area (Å²) in [6.07, 6.45) is 3.45. The zero-order chi connectivity index (χ0) is 8.55. The summed E-state index contributed by atoms with van der Waals surface area (Å²) in [5, 5.41) is 7.64. The highest BCUT2D eigenvalue weighted by Gasteiger charge is 2.02. The predicted octanol–water partition coefficient (Wildman–Crippen LogP) is 1.50. The highest BCUT2D eigenvalue weighted by atomic mass is 79.9. The van der Waals surface area contributed by atoms with E-state index in [1.807, 2.05) is 12.3 Å². The van der Waals surface area contributed by atoms with Crippen LogP contribution in [0.4, 0.5) is 0 Å². The summed E-state index contributed by atoms with van der Waals surface area (Å²) in [6, 6.07) is 1.85. The normalized spacial score (nSPS) is 10.5. The molecule has 0 saturated heterocycles. The van der Waals surface area contributed by atoms with Crippen molar-refractivity contribution in [3.05, 3.63) is 23.1 Å². The standard InChI is InChI=1S/C7H6BrN3O/c1-12-6-3-11-4-9-10-7(11)2-5(6)8/h2-4H,1H3. The van der Waals surface area contributed by atoms with Crippen LogP contribution >= 0.6 is 15.9 Å². The molecule has 2 aromatic heterocycles. The van der Waals surface area contributed by atoms with E-state index in [0.29, 0.717) is 0 Å². The van der Waals surface area contributed by atoms with Gasteiger partial charge in [-0.05, 0) is 15.9 Å². The molecule has 0 spiro atoms. The number of halogens is 1. The van der Waals surface area contributed by atoms with Crippen LogP contribution in [-0.2, 0) is 0 Å². The van der Waals surface area contributed by atoms with Crippen molar-refractivity contribution in [2.75, 3.05) is 7.11 Å². The van der Waals surface area contributed by atoms with Crippen LogP contribution in [0.1, 0.15) is 0 Å². The molecule has 0 aromatic carbocycles. The number of fused-ring (bicyclic) bond motifs is 1. The lowest BCUT2D eigenvalue weighted by Gasteiger charge is -2.02. The van der Waals surface area contributed by atoms with Crippen molar-refractivity contribution in [1.29, 1.82) is 0 Å². The van der Waals surface area contributed by atoms with E-state index >= 15 is 0 Å². The maximum absolute atomic E-state index is 5.10. The summed E-state index contributed by atoms with van der Waals surface area (Å²) in [4.78, 5) is 0. The third kappa shape index (κ3) is 1.06. The van der Waals surface area contributed by atoms with Gasteiger partial charge in [-0.25, -0.2) is 0 Å². The third-order valence-electron chi connectivity index (χ3n) is 1.57. The molecule has 0 bridgehead atoms. The minimum atomic E-state index is 0.766. The summed E-state index contributed by atoms with van der Waals surface area (Å²) in [6.45, 7) is 0. The summed E-state index contributed by atoms with van der Waals surface area (Å²) >= 11 is 3.36. The molecule has 0 N–H and O–H groups in total. The van der Waals surface area contributed by atoms with Crippen LogP contribution in [0.15, 0.2) is 23.1 Å². The van der Waals surface area contributed by atoms with Gasteiger partial charge in [0.05, 0.1) is 17.8 Å². The van der Waals surface area contributed by atoms with Gasteiger partial charge in [0.1, 0.15) is 12.1 Å². The summed E-state index contributed by atoms with van der Waals surface area (Å²) < 4.78 is 7.77. The van der Waals surface area contributed by atoms with Crippen molar-refractivity contribution in [3.63, 3.8) is 0 Å². The van der Waals surface area contributed by atoms with E-state index in [9.17, 15) is 0 Å². The van der Waals surface area contributed by atoms with Gasteiger partial charge in [0.2, 0.25) is 0 Å². The van der Waals surface area contributed by atoms with Gasteiger partial charge < -0.3 is 4.74 Å². The molecule has 0 saturated carbocycles. The third-order valence-corrected chi connectivity index (χ3v) is 2.19. The monoisotopic (exact) mass is 227 g/mol. The predicted molar refractivity (Wildman–Crippen MR) is 47.2 cm³/mol. The van der Waals surface area contributed by atoms with E-state index in [-0.39, 0.29) is 0 Å². The number of hydrogen-bond acceptors (Lipinski definition) is 3. The number of ether oxygens (including phenoxy) is 1. The lowest BCUT2D eigenvalue weighted by molar-refractivity contribution is 0.409. The second kappa shape index (κ2) is 2.75. The number of methoxy groups -OCH3 is 1. The summed E-state index contributed by atoms with van der Waals surface area (Å²) in [7, 11) is 1.62. The molecule has 4 nitrogen and oxygen atoms in total. The van der Waals surface area contributed by atoms with E-state index in [4.69, 9.17) is 4.74 Å². The first kappa shape index (κ1) is 7.54. The molecule has 0 aliphatic heterocycles. The topological polar surface area (TPSA) is 39.4 Å². The highest BCUT2D eigenvalue weighted by molar-refractivity contribution is 9.10. The molecule has 0 unspecified atom stereocenters. The van der Waals surface area contributed by atoms with Crippen molar-refractivity contribution in [3.8, 4) is 5.75 Å². The molecule has 0 radical (unpaired) electrons. The van der Waals surface area contributed by atoms with Crippen molar-refractivity contribution < 1.29 is 4.74 Å². The minimum Gasteiger partial charge on any atom is -0.494 e. The number of aromatic nitrogens is 3. The Morgan fingerprint density at radius 2 is 2.42 bits per heavy atom. The van der Waals surface area contributed by atoms with Gasteiger partial charge in [-0.15, -0.1) is 10.2 Å². The van der Waals surface area contributed by atoms with Crippen LogP contribution in [0.5, 0.6) is 5.75 Å². The van der Waals surface area contributed by atoms with Gasteiger partial charge in [0.25, 0.3) is 0 Å². The maximum atomic E-state index is 5.10. The Labute approximate surface area is 77.3 Å². The molecule has 2 rings (SSSR count). The Balaban J connectivity index is 2.73. The molecule has 2 heterocycles. The molecule has 5 heteroatoms. The van der Waals surface area contributed by atoms with Crippen molar-refractivity contribution >= 4 is 21.6 Å². The van der Waals surface area contributed by atoms with Crippen LogP contribution in [0.2, 0.25) is 0 Å². The summed E-state index contributed by atoms with van der Waals surface area (Å²) in [5.74, 6) is 0.766. The second-order valence-corrected chi connectivity index (χ2v) is 3.14. The first-order valence-corrected chi connectivity index (χ1v) is 4.13. The summed E-state index contributed by atoms with van der Waals surface area (Å²) in [5.41, 5.74) is 0.794. The fourth-order valence-electron chi connectivity index (χ4n) is 0.977. The Hall–Kier alpha value is -1.10. The Morgan fingerprint density at radius 3 is 3.17 bits per heavy atom. The minimum absolute atomic E-state index is 0.766. The van der Waals surface area contributed by atoms with Crippen LogP contribution in [0, 0.1) is 0 Å². The molecule has 0 atom stereocenters. The van der Waals surface area contributed by atoms with Gasteiger partial charge in [-0.2, -0.15) is 0 Å². The molecule has 62 valence electrons. The van der Waals surface area contributed by atoms with Crippen LogP contribution in [-0.4, -0.2) is 21.7 Å². The lowest BCUT2D eigenvalue weighted by atomic mass is 10.4. The van der Waals surface area contributed by atoms with Crippen LogP contribution in [0.3, 0.4) is 0 Å². The number of pyridine rings is 1. The number of hydrogen-bond donors (Lipinski definition) is 0. The first-order valence-electron chi connectivity index (χ1n) is 3.34. The largest absolute Gasteiger partial charge is 0.494 e.